The molecule has 0 heterocycles. The third-order valence-electron chi connectivity index (χ3n) is 2.14. The molecule has 0 amide bonds. The Morgan fingerprint density at radius 2 is 1.88 bits per heavy atom. The van der Waals surface area contributed by atoms with E-state index in [1.165, 1.54) is 11.1 Å². The highest BCUT2D eigenvalue weighted by atomic mass is 16.5. The first-order valence-corrected chi connectivity index (χ1v) is 5.52. The minimum Gasteiger partial charge on any atom is -0.466 e. The summed E-state index contributed by atoms with van der Waals surface area (Å²) in [5.41, 5.74) is 3.59. The largest absolute Gasteiger partial charge is 0.466 e. The molecule has 0 N–H and O–H groups in total. The molecule has 0 bridgehead atoms. The van der Waals surface area contributed by atoms with Crippen LogP contribution in [0.4, 0.5) is 0 Å². The first-order chi connectivity index (χ1) is 7.61. The molecule has 0 unspecified atom stereocenters. The van der Waals surface area contributed by atoms with Gasteiger partial charge in [-0.2, -0.15) is 0 Å². The lowest BCUT2D eigenvalue weighted by molar-refractivity contribution is -0.142. The van der Waals surface area contributed by atoms with Crippen molar-refractivity contribution in [3.05, 3.63) is 41.0 Å². The number of aryl methyl sites for hydroxylation is 2. The number of benzene rings is 1. The van der Waals surface area contributed by atoms with Gasteiger partial charge in [0.15, 0.2) is 0 Å². The highest BCUT2D eigenvalue weighted by molar-refractivity contribution is 5.72. The van der Waals surface area contributed by atoms with Crippen LogP contribution in [0, 0.1) is 13.8 Å². The van der Waals surface area contributed by atoms with Crippen LogP contribution in [-0.4, -0.2) is 12.6 Å². The molecule has 0 saturated carbocycles. The van der Waals surface area contributed by atoms with Crippen LogP contribution in [0.2, 0.25) is 0 Å². The SMILES string of the molecule is CCOC(=O)CC=Cc1cc(C)cc(C)c1. The van der Waals surface area contributed by atoms with E-state index in [4.69, 9.17) is 4.74 Å². The van der Waals surface area contributed by atoms with E-state index >= 15 is 0 Å². The molecule has 0 saturated heterocycles. The molecule has 2 nitrogen and oxygen atoms in total. The summed E-state index contributed by atoms with van der Waals surface area (Å²) in [5, 5.41) is 0. The summed E-state index contributed by atoms with van der Waals surface area (Å²) >= 11 is 0. The number of rotatable bonds is 4. The molecule has 0 radical (unpaired) electrons. The zero-order valence-electron chi connectivity index (χ0n) is 10.1. The summed E-state index contributed by atoms with van der Waals surface area (Å²) in [6, 6.07) is 6.31. The second-order valence-electron chi connectivity index (χ2n) is 3.83. The lowest BCUT2D eigenvalue weighted by atomic mass is 10.1. The fraction of sp³-hybridized carbons (Fsp3) is 0.357. The smallest absolute Gasteiger partial charge is 0.309 e. The topological polar surface area (TPSA) is 26.3 Å². The molecular weight excluding hydrogens is 200 g/mol. The molecule has 0 aliphatic heterocycles. The molecular formula is C14H18O2. The Kier molecular flexibility index (Phi) is 4.77. The van der Waals surface area contributed by atoms with Crippen LogP contribution in [-0.2, 0) is 9.53 Å². The molecule has 0 aliphatic carbocycles. The van der Waals surface area contributed by atoms with Crippen molar-refractivity contribution in [3.8, 4) is 0 Å². The first-order valence-electron chi connectivity index (χ1n) is 5.52. The fourth-order valence-electron chi connectivity index (χ4n) is 1.62. The number of hydrogen-bond donors (Lipinski definition) is 0. The van der Waals surface area contributed by atoms with E-state index in [2.05, 4.69) is 32.0 Å². The van der Waals surface area contributed by atoms with Crippen LogP contribution >= 0.6 is 0 Å². The number of ether oxygens (including phenoxy) is 1. The van der Waals surface area contributed by atoms with E-state index < -0.39 is 0 Å². The van der Waals surface area contributed by atoms with Gasteiger partial charge in [-0.3, -0.25) is 4.79 Å². The first kappa shape index (κ1) is 12.5. The summed E-state index contributed by atoms with van der Waals surface area (Å²) < 4.78 is 4.84. The van der Waals surface area contributed by atoms with Gasteiger partial charge in [0.25, 0.3) is 0 Å². The van der Waals surface area contributed by atoms with Crippen molar-refractivity contribution < 1.29 is 9.53 Å². The van der Waals surface area contributed by atoms with Crippen LogP contribution in [0.15, 0.2) is 24.3 Å². The van der Waals surface area contributed by atoms with Crippen molar-refractivity contribution in [1.29, 1.82) is 0 Å². The molecule has 1 aromatic rings. The van der Waals surface area contributed by atoms with E-state index in [-0.39, 0.29) is 5.97 Å². The Morgan fingerprint density at radius 3 is 2.44 bits per heavy atom. The average Bonchev–Trinajstić information content (AvgIpc) is 2.16. The molecule has 0 atom stereocenters. The maximum Gasteiger partial charge on any atom is 0.309 e. The second kappa shape index (κ2) is 6.11. The Balaban J connectivity index is 2.59. The summed E-state index contributed by atoms with van der Waals surface area (Å²) in [5.74, 6) is -0.178. The Labute approximate surface area is 96.9 Å². The van der Waals surface area contributed by atoms with Crippen LogP contribution in [0.25, 0.3) is 6.08 Å². The van der Waals surface area contributed by atoms with Crippen LogP contribution in [0.3, 0.4) is 0 Å². The van der Waals surface area contributed by atoms with Crippen molar-refractivity contribution in [2.24, 2.45) is 0 Å². The molecule has 1 aromatic carbocycles. The van der Waals surface area contributed by atoms with Crippen molar-refractivity contribution in [3.63, 3.8) is 0 Å². The summed E-state index contributed by atoms with van der Waals surface area (Å²) in [7, 11) is 0. The van der Waals surface area contributed by atoms with E-state index in [0.29, 0.717) is 13.0 Å². The zero-order valence-corrected chi connectivity index (χ0v) is 10.1. The summed E-state index contributed by atoms with van der Waals surface area (Å²) in [6.07, 6.45) is 4.13. The summed E-state index contributed by atoms with van der Waals surface area (Å²) in [4.78, 5) is 11.1. The molecule has 2 heteroatoms. The third kappa shape index (κ3) is 4.30. The van der Waals surface area contributed by atoms with Crippen molar-refractivity contribution >= 4 is 12.0 Å². The van der Waals surface area contributed by atoms with Gasteiger partial charge in [-0.05, 0) is 26.3 Å². The number of esters is 1. The van der Waals surface area contributed by atoms with Crippen LogP contribution in [0.1, 0.15) is 30.0 Å². The lowest BCUT2D eigenvalue weighted by Crippen LogP contribution is -2.01. The molecule has 0 aromatic heterocycles. The van der Waals surface area contributed by atoms with Gasteiger partial charge in [0.2, 0.25) is 0 Å². The standard InChI is InChI=1S/C14H18O2/c1-4-16-14(15)7-5-6-13-9-11(2)8-12(3)10-13/h5-6,8-10H,4,7H2,1-3H3. The molecule has 0 fully saturated rings. The van der Waals surface area contributed by atoms with E-state index in [1.54, 1.807) is 0 Å². The van der Waals surface area contributed by atoms with Gasteiger partial charge in [-0.1, -0.05) is 41.5 Å². The Bertz CT molecular complexity index is 371. The van der Waals surface area contributed by atoms with Gasteiger partial charge in [-0.15, -0.1) is 0 Å². The molecule has 16 heavy (non-hydrogen) atoms. The average molecular weight is 218 g/mol. The molecule has 1 rings (SSSR count). The van der Waals surface area contributed by atoms with E-state index in [9.17, 15) is 4.79 Å². The van der Waals surface area contributed by atoms with E-state index in [1.807, 2.05) is 19.1 Å². The van der Waals surface area contributed by atoms with Crippen molar-refractivity contribution in [2.75, 3.05) is 6.61 Å². The second-order valence-corrected chi connectivity index (χ2v) is 3.83. The molecule has 0 aliphatic rings. The minimum absolute atomic E-state index is 0.178. The van der Waals surface area contributed by atoms with Gasteiger partial charge >= 0.3 is 5.97 Å². The predicted molar refractivity (Wildman–Crippen MR) is 66.2 cm³/mol. The minimum atomic E-state index is -0.178. The van der Waals surface area contributed by atoms with Gasteiger partial charge in [-0.25, -0.2) is 0 Å². The Hall–Kier alpha value is -1.57. The number of carbonyl (C=O) groups excluding carboxylic acids is 1. The number of carbonyl (C=O) groups is 1. The van der Waals surface area contributed by atoms with Gasteiger partial charge < -0.3 is 4.74 Å². The molecule has 0 spiro atoms. The third-order valence-corrected chi connectivity index (χ3v) is 2.14. The maximum atomic E-state index is 11.1. The van der Waals surface area contributed by atoms with Crippen molar-refractivity contribution in [2.45, 2.75) is 27.2 Å². The van der Waals surface area contributed by atoms with Gasteiger partial charge in [0.1, 0.15) is 0 Å². The van der Waals surface area contributed by atoms with Gasteiger partial charge in [0, 0.05) is 0 Å². The number of hydrogen-bond acceptors (Lipinski definition) is 2. The van der Waals surface area contributed by atoms with E-state index in [0.717, 1.165) is 5.56 Å². The fourth-order valence-corrected chi connectivity index (χ4v) is 1.62. The maximum absolute atomic E-state index is 11.1. The Morgan fingerprint density at radius 1 is 1.25 bits per heavy atom. The normalized spacial score (nSPS) is 10.7. The highest BCUT2D eigenvalue weighted by Gasteiger charge is 1.97. The quantitative estimate of drug-likeness (QED) is 0.725. The monoisotopic (exact) mass is 218 g/mol. The van der Waals surface area contributed by atoms with Gasteiger partial charge in [0.05, 0.1) is 13.0 Å². The van der Waals surface area contributed by atoms with Crippen LogP contribution in [0.5, 0.6) is 0 Å². The zero-order chi connectivity index (χ0) is 12.0. The molecule has 86 valence electrons. The predicted octanol–water partition coefficient (Wildman–Crippen LogP) is 3.27. The van der Waals surface area contributed by atoms with Crippen LogP contribution < -0.4 is 0 Å². The van der Waals surface area contributed by atoms with Crippen molar-refractivity contribution in [1.82, 2.24) is 0 Å². The highest BCUT2D eigenvalue weighted by Crippen LogP contribution is 2.10. The lowest BCUT2D eigenvalue weighted by Gasteiger charge is -2.00. The summed E-state index contributed by atoms with van der Waals surface area (Å²) in [6.45, 7) is 6.38.